The number of ether oxygens (including phenoxy) is 4. The van der Waals surface area contributed by atoms with Crippen molar-refractivity contribution in [1.29, 1.82) is 0 Å². The van der Waals surface area contributed by atoms with Gasteiger partial charge in [0.05, 0.1) is 31.4 Å². The van der Waals surface area contributed by atoms with Crippen LogP contribution in [0.2, 0.25) is 25.7 Å². The molecule has 1 aliphatic heterocycles. The number of urea groups is 1. The second-order valence-electron chi connectivity index (χ2n) is 18.3. The van der Waals surface area contributed by atoms with Gasteiger partial charge in [0.1, 0.15) is 12.5 Å². The predicted octanol–water partition coefficient (Wildman–Crippen LogP) is 11.0. The average molecular weight is 958 g/mol. The van der Waals surface area contributed by atoms with E-state index in [4.69, 9.17) is 23.5 Å². The number of carbonyl (C=O) groups excluding carboxylic acids is 1. The second kappa shape index (κ2) is 24.0. The number of hydrazine groups is 1. The summed E-state index contributed by atoms with van der Waals surface area (Å²) in [5.74, 6) is 0.677. The predicted molar refractivity (Wildman–Crippen MR) is 268 cm³/mol. The molecule has 0 spiro atoms. The van der Waals surface area contributed by atoms with Crippen LogP contribution in [0, 0.1) is 0 Å². The number of aromatic hydroxyl groups is 1. The summed E-state index contributed by atoms with van der Waals surface area (Å²) in [7, 11) is -4.11. The Labute approximate surface area is 401 Å². The number of phenolic OH excluding ortho intramolecular Hbond substituents is 1. The van der Waals surface area contributed by atoms with Crippen LogP contribution in [-0.2, 0) is 44.4 Å². The maximum absolute atomic E-state index is 15.5. The molecule has 1 saturated heterocycles. The molecular formula is C54H64N3O9PSi. The Morgan fingerprint density at radius 2 is 1.35 bits per heavy atom. The highest BCUT2D eigenvalue weighted by molar-refractivity contribution is 7.52. The Morgan fingerprint density at radius 1 is 0.750 bits per heavy atom. The zero-order chi connectivity index (χ0) is 47.9. The lowest BCUT2D eigenvalue weighted by Crippen LogP contribution is -2.52. The number of methoxy groups -OCH3 is 1. The number of nitrogens with one attached hydrogen (secondary N) is 1. The van der Waals surface area contributed by atoms with Gasteiger partial charge in [0.25, 0.3) is 0 Å². The molecule has 12 nitrogen and oxygen atoms in total. The molecule has 6 aromatic carbocycles. The van der Waals surface area contributed by atoms with Gasteiger partial charge in [0, 0.05) is 34.2 Å². The molecule has 0 aromatic heterocycles. The minimum absolute atomic E-state index is 0.00312. The van der Waals surface area contributed by atoms with E-state index >= 15 is 4.79 Å². The van der Waals surface area contributed by atoms with Gasteiger partial charge in [-0.1, -0.05) is 159 Å². The SMILES string of the molecule is COc1cc(CN2C(=O)N(C(Cc3ccccc3)c3ccc(OCP(=O)(O)OC(Cc4ccccc4)c4ccccc4)cc3)NCC(OCOCC[Si](C)(C)C)C2Cc2ccccc2)ccc1O. The van der Waals surface area contributed by atoms with Crippen molar-refractivity contribution in [2.75, 3.05) is 33.4 Å². The first-order valence-electron chi connectivity index (χ1n) is 23.1. The Hall–Kier alpha value is -5.76. The molecule has 0 aliphatic carbocycles. The van der Waals surface area contributed by atoms with Crippen LogP contribution in [0.1, 0.15) is 45.5 Å². The van der Waals surface area contributed by atoms with Gasteiger partial charge in [-0.2, -0.15) is 0 Å². The maximum atomic E-state index is 15.5. The molecule has 0 bridgehead atoms. The van der Waals surface area contributed by atoms with E-state index < -0.39 is 46.3 Å². The molecule has 2 amide bonds. The Kier molecular flexibility index (Phi) is 17.7. The first-order chi connectivity index (χ1) is 32.8. The van der Waals surface area contributed by atoms with Crippen molar-refractivity contribution in [3.8, 4) is 17.2 Å². The summed E-state index contributed by atoms with van der Waals surface area (Å²) in [6, 6.07) is 51.3. The Bertz CT molecular complexity index is 2520. The molecule has 68 heavy (non-hydrogen) atoms. The highest BCUT2D eigenvalue weighted by Crippen LogP contribution is 2.48. The zero-order valence-electron chi connectivity index (χ0n) is 39.4. The zero-order valence-corrected chi connectivity index (χ0v) is 41.3. The van der Waals surface area contributed by atoms with E-state index in [1.165, 1.54) is 7.11 Å². The molecule has 6 aromatic rings. The summed E-state index contributed by atoms with van der Waals surface area (Å²) in [4.78, 5) is 28.5. The number of hydrogen-bond acceptors (Lipinski definition) is 9. The van der Waals surface area contributed by atoms with Crippen LogP contribution in [0.15, 0.2) is 164 Å². The third-order valence-electron chi connectivity index (χ3n) is 12.0. The molecule has 5 atom stereocenters. The third-order valence-corrected chi connectivity index (χ3v) is 14.7. The maximum Gasteiger partial charge on any atom is 0.365 e. The van der Waals surface area contributed by atoms with Crippen LogP contribution >= 0.6 is 7.60 Å². The van der Waals surface area contributed by atoms with Crippen molar-refractivity contribution in [2.24, 2.45) is 0 Å². The minimum atomic E-state index is -4.26. The van der Waals surface area contributed by atoms with Gasteiger partial charge < -0.3 is 33.8 Å². The number of nitrogens with zero attached hydrogens (tertiary/aromatic N) is 2. The molecule has 358 valence electrons. The summed E-state index contributed by atoms with van der Waals surface area (Å²) in [5.41, 5.74) is 8.90. The fourth-order valence-corrected chi connectivity index (χ4v) is 9.96. The van der Waals surface area contributed by atoms with Gasteiger partial charge >= 0.3 is 13.6 Å². The standard InChI is InChI=1S/C54H64N3O9PSi/c1-62-52-36-44(25-30-50(52)58)38-56-49(34-42-19-11-6-12-20-42)53(64-39-63-31-32-68(2,3)4)37-55-57(54(56)59)48(33-41-17-9-5-10-18-41)45-26-28-47(29-27-45)65-40-67(60,61)66-51(46-23-15-8-16-24-46)35-43-21-13-7-14-22-43/h5-30,36,48-49,51,53,55,58H,31-35,37-40H2,1-4H3,(H,60,61). The fourth-order valence-electron chi connectivity index (χ4n) is 8.24. The number of carbonyl (C=O) groups is 1. The molecule has 14 heteroatoms. The third kappa shape index (κ3) is 14.6. The van der Waals surface area contributed by atoms with Crippen LogP contribution in [0.3, 0.4) is 0 Å². The van der Waals surface area contributed by atoms with Gasteiger partial charge in [-0.3, -0.25) is 14.1 Å². The van der Waals surface area contributed by atoms with Crippen LogP contribution in [0.4, 0.5) is 4.79 Å². The topological polar surface area (TPSA) is 139 Å². The molecular weight excluding hydrogens is 894 g/mol. The molecule has 1 heterocycles. The Morgan fingerprint density at radius 3 is 1.97 bits per heavy atom. The number of amides is 2. The number of phenols is 1. The lowest BCUT2D eigenvalue weighted by molar-refractivity contribution is -0.104. The summed E-state index contributed by atoms with van der Waals surface area (Å²) in [6.07, 6.45) is -0.363. The van der Waals surface area contributed by atoms with E-state index in [0.717, 1.165) is 39.4 Å². The minimum Gasteiger partial charge on any atom is -0.504 e. The van der Waals surface area contributed by atoms with Crippen LogP contribution in [0.25, 0.3) is 0 Å². The lowest BCUT2D eigenvalue weighted by atomic mass is 9.98. The van der Waals surface area contributed by atoms with Gasteiger partial charge in [-0.25, -0.2) is 10.2 Å². The highest BCUT2D eigenvalue weighted by atomic mass is 31.2. The van der Waals surface area contributed by atoms with Crippen molar-refractivity contribution in [1.82, 2.24) is 15.3 Å². The summed E-state index contributed by atoms with van der Waals surface area (Å²) >= 11 is 0. The van der Waals surface area contributed by atoms with Gasteiger partial charge in [-0.15, -0.1) is 0 Å². The van der Waals surface area contributed by atoms with Crippen molar-refractivity contribution in [3.05, 3.63) is 197 Å². The van der Waals surface area contributed by atoms with E-state index in [1.807, 2.05) is 126 Å². The van der Waals surface area contributed by atoms with Crippen molar-refractivity contribution < 1.29 is 42.8 Å². The van der Waals surface area contributed by atoms with Crippen LogP contribution in [0.5, 0.6) is 17.2 Å². The first kappa shape index (κ1) is 50.1. The number of hydrogen-bond donors (Lipinski definition) is 3. The molecule has 3 N–H and O–H groups in total. The molecule has 0 radical (unpaired) electrons. The second-order valence-corrected chi connectivity index (χ2v) is 25.7. The van der Waals surface area contributed by atoms with Crippen molar-refractivity contribution >= 4 is 21.7 Å². The smallest absolute Gasteiger partial charge is 0.365 e. The highest BCUT2D eigenvalue weighted by Gasteiger charge is 2.41. The molecule has 1 fully saturated rings. The van der Waals surface area contributed by atoms with Crippen LogP contribution < -0.4 is 14.9 Å². The van der Waals surface area contributed by atoms with E-state index in [0.29, 0.717) is 43.9 Å². The molecule has 1 aliphatic rings. The number of rotatable bonds is 23. The van der Waals surface area contributed by atoms with Gasteiger partial charge in [-0.05, 0) is 76.5 Å². The summed E-state index contributed by atoms with van der Waals surface area (Å²) < 4.78 is 43.8. The molecule has 0 saturated carbocycles. The normalized spacial score (nSPS) is 17.2. The largest absolute Gasteiger partial charge is 0.504 e. The fraction of sp³-hybridized carbons (Fsp3) is 0.315. The lowest BCUT2D eigenvalue weighted by Gasteiger charge is -2.37. The van der Waals surface area contributed by atoms with E-state index in [-0.39, 0.29) is 25.1 Å². The Balaban J connectivity index is 1.17. The van der Waals surface area contributed by atoms with Crippen molar-refractivity contribution in [2.45, 2.75) is 75.8 Å². The average Bonchev–Trinajstić information content (AvgIpc) is 3.46. The van der Waals surface area contributed by atoms with E-state index in [9.17, 15) is 14.6 Å². The number of benzene rings is 6. The van der Waals surface area contributed by atoms with E-state index in [2.05, 4.69) is 37.2 Å². The quantitative estimate of drug-likeness (QED) is 0.0246. The van der Waals surface area contributed by atoms with Gasteiger partial charge in [0.2, 0.25) is 0 Å². The monoisotopic (exact) mass is 957 g/mol. The molecule has 5 unspecified atom stereocenters. The van der Waals surface area contributed by atoms with Crippen LogP contribution in [-0.4, -0.2) is 79.6 Å². The summed E-state index contributed by atoms with van der Waals surface area (Å²) in [6.45, 7) is 8.06. The van der Waals surface area contributed by atoms with E-state index in [1.54, 1.807) is 35.3 Å². The summed E-state index contributed by atoms with van der Waals surface area (Å²) in [5, 5.41) is 12.2. The van der Waals surface area contributed by atoms with Crippen molar-refractivity contribution in [3.63, 3.8) is 0 Å². The van der Waals surface area contributed by atoms with Gasteiger partial charge in [0.15, 0.2) is 17.8 Å². The first-order valence-corrected chi connectivity index (χ1v) is 28.6. The molecule has 7 rings (SSSR count).